The van der Waals surface area contributed by atoms with Gasteiger partial charge in [0.05, 0.1) is 5.52 Å². The lowest BCUT2D eigenvalue weighted by atomic mass is 10.1. The van der Waals surface area contributed by atoms with E-state index in [0.29, 0.717) is 24.3 Å². The Balaban J connectivity index is 1.70. The average molecular weight is 324 g/mol. The lowest BCUT2D eigenvalue weighted by Crippen LogP contribution is -2.34. The number of pyridine rings is 1. The minimum Gasteiger partial charge on any atom is -0.354 e. The van der Waals surface area contributed by atoms with Crippen LogP contribution >= 0.6 is 0 Å². The van der Waals surface area contributed by atoms with E-state index in [1.54, 1.807) is 16.8 Å². The Morgan fingerprint density at radius 2 is 1.92 bits per heavy atom. The maximum atomic E-state index is 12.5. The molecule has 2 heterocycles. The van der Waals surface area contributed by atoms with Gasteiger partial charge < -0.3 is 5.32 Å². The van der Waals surface area contributed by atoms with Crippen LogP contribution in [0.1, 0.15) is 12.5 Å². The van der Waals surface area contributed by atoms with Crippen molar-refractivity contribution in [3.05, 3.63) is 64.7 Å². The number of aryl methyl sites for hydroxylation is 1. The first-order valence-electron chi connectivity index (χ1n) is 8.05. The van der Waals surface area contributed by atoms with Crippen LogP contribution in [0, 0.1) is 0 Å². The van der Waals surface area contributed by atoms with Gasteiger partial charge in [-0.15, -0.1) is 0 Å². The van der Waals surface area contributed by atoms with Crippen LogP contribution in [-0.2, 0) is 24.3 Å². The largest absolute Gasteiger partial charge is 0.354 e. The Kier molecular flexibility index (Phi) is 4.74. The molecule has 0 aliphatic carbocycles. The molecule has 3 rings (SSSR count). The number of amides is 1. The van der Waals surface area contributed by atoms with Crippen LogP contribution in [0.15, 0.2) is 53.5 Å². The van der Waals surface area contributed by atoms with Gasteiger partial charge in [0.2, 0.25) is 5.91 Å². The van der Waals surface area contributed by atoms with Crippen LogP contribution in [0.4, 0.5) is 0 Å². The molecule has 1 aromatic carbocycles. The number of aromatic nitrogens is 3. The van der Waals surface area contributed by atoms with Gasteiger partial charge in [0.1, 0.15) is 6.54 Å². The summed E-state index contributed by atoms with van der Waals surface area (Å²) in [5, 5.41) is 2.87. The fraction of sp³-hybridized carbons (Fsp3) is 0.278. The first-order valence-corrected chi connectivity index (χ1v) is 8.05. The molecular weight excluding hydrogens is 304 g/mol. The standard InChI is InChI=1S/C18H20N4O2/c1-2-21-17-15(9-6-11-20-17)22(18(21)24)13-16(23)19-12-10-14-7-4-3-5-8-14/h3-9,11H,2,10,12-13H2,1H3,(H,19,23). The van der Waals surface area contributed by atoms with E-state index in [4.69, 9.17) is 0 Å². The molecule has 0 aliphatic heterocycles. The molecule has 0 radical (unpaired) electrons. The summed E-state index contributed by atoms with van der Waals surface area (Å²) in [7, 11) is 0. The molecule has 24 heavy (non-hydrogen) atoms. The molecule has 0 unspecified atom stereocenters. The van der Waals surface area contributed by atoms with Crippen molar-refractivity contribution in [3.63, 3.8) is 0 Å². The number of carbonyl (C=O) groups excluding carboxylic acids is 1. The summed E-state index contributed by atoms with van der Waals surface area (Å²) in [6, 6.07) is 13.5. The lowest BCUT2D eigenvalue weighted by Gasteiger charge is -2.06. The number of carbonyl (C=O) groups is 1. The first-order chi connectivity index (χ1) is 11.7. The molecule has 6 heteroatoms. The zero-order valence-electron chi connectivity index (χ0n) is 13.6. The highest BCUT2D eigenvalue weighted by Crippen LogP contribution is 2.09. The number of imidazole rings is 1. The summed E-state index contributed by atoms with van der Waals surface area (Å²) >= 11 is 0. The molecule has 3 aromatic rings. The highest BCUT2D eigenvalue weighted by Gasteiger charge is 2.15. The molecule has 0 atom stereocenters. The van der Waals surface area contributed by atoms with E-state index >= 15 is 0 Å². The van der Waals surface area contributed by atoms with Crippen molar-refractivity contribution >= 4 is 17.1 Å². The summed E-state index contributed by atoms with van der Waals surface area (Å²) in [4.78, 5) is 28.9. The molecule has 0 fully saturated rings. The fourth-order valence-corrected chi connectivity index (χ4v) is 2.77. The minimum absolute atomic E-state index is 0.00279. The number of nitrogens with zero attached hydrogens (tertiary/aromatic N) is 3. The molecule has 1 amide bonds. The molecular formula is C18H20N4O2. The first kappa shape index (κ1) is 16.0. The predicted molar refractivity (Wildman–Crippen MR) is 92.8 cm³/mol. The van der Waals surface area contributed by atoms with Gasteiger partial charge >= 0.3 is 5.69 Å². The predicted octanol–water partition coefficient (Wildman–Crippen LogP) is 1.58. The van der Waals surface area contributed by atoms with Gasteiger partial charge in [0.15, 0.2) is 5.65 Å². The number of nitrogens with one attached hydrogen (secondary N) is 1. The van der Waals surface area contributed by atoms with E-state index in [2.05, 4.69) is 10.3 Å². The number of benzene rings is 1. The van der Waals surface area contributed by atoms with Crippen molar-refractivity contribution in [1.82, 2.24) is 19.4 Å². The van der Waals surface area contributed by atoms with E-state index in [0.717, 1.165) is 6.42 Å². The SMILES string of the molecule is CCn1c(=O)n(CC(=O)NCCc2ccccc2)c2cccnc21. The Hall–Kier alpha value is -2.89. The highest BCUT2D eigenvalue weighted by atomic mass is 16.2. The van der Waals surface area contributed by atoms with Crippen molar-refractivity contribution in [2.45, 2.75) is 26.4 Å². The molecule has 0 saturated heterocycles. The Bertz CT molecular complexity index is 896. The summed E-state index contributed by atoms with van der Waals surface area (Å²) in [6.45, 7) is 2.96. The Morgan fingerprint density at radius 3 is 2.67 bits per heavy atom. The van der Waals surface area contributed by atoms with Gasteiger partial charge in [-0.2, -0.15) is 0 Å². The third-order valence-electron chi connectivity index (χ3n) is 3.97. The van der Waals surface area contributed by atoms with Crippen LogP contribution in [0.2, 0.25) is 0 Å². The van der Waals surface area contributed by atoms with E-state index in [1.807, 2.05) is 43.3 Å². The van der Waals surface area contributed by atoms with Gasteiger partial charge in [0.25, 0.3) is 0 Å². The van der Waals surface area contributed by atoms with Crippen molar-refractivity contribution in [2.24, 2.45) is 0 Å². The summed E-state index contributed by atoms with van der Waals surface area (Å²) in [5.41, 5.74) is 2.26. The summed E-state index contributed by atoms with van der Waals surface area (Å²) < 4.78 is 3.05. The molecule has 0 saturated carbocycles. The zero-order valence-corrected chi connectivity index (χ0v) is 13.6. The molecule has 2 aromatic heterocycles. The zero-order chi connectivity index (χ0) is 16.9. The van der Waals surface area contributed by atoms with Crippen molar-refractivity contribution in [3.8, 4) is 0 Å². The third kappa shape index (κ3) is 3.22. The lowest BCUT2D eigenvalue weighted by molar-refractivity contribution is -0.121. The summed E-state index contributed by atoms with van der Waals surface area (Å²) in [6.07, 6.45) is 2.41. The monoisotopic (exact) mass is 324 g/mol. The molecule has 124 valence electrons. The molecule has 0 bridgehead atoms. The smallest absolute Gasteiger partial charge is 0.330 e. The fourth-order valence-electron chi connectivity index (χ4n) is 2.77. The Labute approximate surface area is 139 Å². The molecule has 1 N–H and O–H groups in total. The normalized spacial score (nSPS) is 10.9. The maximum Gasteiger partial charge on any atom is 0.330 e. The number of fused-ring (bicyclic) bond motifs is 1. The van der Waals surface area contributed by atoms with Crippen LogP contribution < -0.4 is 11.0 Å². The molecule has 6 nitrogen and oxygen atoms in total. The molecule has 0 spiro atoms. The van der Waals surface area contributed by atoms with Gasteiger partial charge in [0, 0.05) is 19.3 Å². The number of hydrogen-bond donors (Lipinski definition) is 1. The van der Waals surface area contributed by atoms with Gasteiger partial charge in [-0.05, 0) is 31.0 Å². The van der Waals surface area contributed by atoms with Crippen LogP contribution in [0.5, 0.6) is 0 Å². The number of rotatable bonds is 6. The van der Waals surface area contributed by atoms with Crippen LogP contribution in [-0.4, -0.2) is 26.6 Å². The van der Waals surface area contributed by atoms with Crippen molar-refractivity contribution in [2.75, 3.05) is 6.54 Å². The Morgan fingerprint density at radius 1 is 1.12 bits per heavy atom. The molecule has 0 aliphatic rings. The van der Waals surface area contributed by atoms with Crippen molar-refractivity contribution < 1.29 is 4.79 Å². The second kappa shape index (κ2) is 7.12. The topological polar surface area (TPSA) is 68.9 Å². The summed E-state index contributed by atoms with van der Waals surface area (Å²) in [5.74, 6) is -0.174. The second-order valence-corrected chi connectivity index (χ2v) is 5.54. The van der Waals surface area contributed by atoms with Crippen molar-refractivity contribution in [1.29, 1.82) is 0 Å². The van der Waals surface area contributed by atoms with E-state index < -0.39 is 0 Å². The van der Waals surface area contributed by atoms with Gasteiger partial charge in [-0.3, -0.25) is 13.9 Å². The van der Waals surface area contributed by atoms with E-state index in [-0.39, 0.29) is 18.1 Å². The average Bonchev–Trinajstić information content (AvgIpc) is 2.87. The van der Waals surface area contributed by atoms with E-state index in [1.165, 1.54) is 10.1 Å². The number of hydrogen-bond acceptors (Lipinski definition) is 3. The maximum absolute atomic E-state index is 12.5. The highest BCUT2D eigenvalue weighted by molar-refractivity contribution is 5.79. The van der Waals surface area contributed by atoms with Gasteiger partial charge in [-0.25, -0.2) is 9.78 Å². The van der Waals surface area contributed by atoms with E-state index in [9.17, 15) is 9.59 Å². The third-order valence-corrected chi connectivity index (χ3v) is 3.97. The van der Waals surface area contributed by atoms with Crippen LogP contribution in [0.25, 0.3) is 11.2 Å². The van der Waals surface area contributed by atoms with Crippen LogP contribution in [0.3, 0.4) is 0 Å². The van der Waals surface area contributed by atoms with Gasteiger partial charge in [-0.1, -0.05) is 30.3 Å². The second-order valence-electron chi connectivity index (χ2n) is 5.54. The quantitative estimate of drug-likeness (QED) is 0.748. The minimum atomic E-state index is -0.204.